The lowest BCUT2D eigenvalue weighted by Crippen LogP contribution is -2.55. The Bertz CT molecular complexity index is 853. The third-order valence-corrected chi connectivity index (χ3v) is 6.05. The molecule has 3 aliphatic rings. The molecule has 29 heavy (non-hydrogen) atoms. The second-order valence-corrected chi connectivity index (χ2v) is 8.36. The van der Waals surface area contributed by atoms with Gasteiger partial charge in [0, 0.05) is 36.0 Å². The average Bonchev–Trinajstić information content (AvgIpc) is 2.70. The van der Waals surface area contributed by atoms with Gasteiger partial charge in [0.1, 0.15) is 12.5 Å². The van der Waals surface area contributed by atoms with E-state index in [0.29, 0.717) is 17.9 Å². The van der Waals surface area contributed by atoms with E-state index in [1.807, 2.05) is 13.0 Å². The number of allylic oxidation sites excluding steroid dienone is 1. The molecule has 0 aromatic heterocycles. The first kappa shape index (κ1) is 21.0. The van der Waals surface area contributed by atoms with Gasteiger partial charge in [-0.15, -0.1) is 0 Å². The fourth-order valence-corrected chi connectivity index (χ4v) is 4.43. The molecule has 156 valence electrons. The van der Waals surface area contributed by atoms with Gasteiger partial charge in [0.25, 0.3) is 0 Å². The van der Waals surface area contributed by atoms with Crippen molar-refractivity contribution in [3.63, 3.8) is 0 Å². The number of benzene rings is 1. The minimum atomic E-state index is -0.823. The van der Waals surface area contributed by atoms with Crippen LogP contribution in [0.1, 0.15) is 50.7 Å². The predicted molar refractivity (Wildman–Crippen MR) is 114 cm³/mol. The molecule has 2 N–H and O–H groups in total. The van der Waals surface area contributed by atoms with Gasteiger partial charge in [-0.25, -0.2) is 4.79 Å². The van der Waals surface area contributed by atoms with E-state index in [0.717, 1.165) is 42.9 Å². The topological polar surface area (TPSA) is 78.9 Å². The largest absolute Gasteiger partial charge is 0.495 e. The summed E-state index contributed by atoms with van der Waals surface area (Å²) in [5.74, 6) is 0.573. The van der Waals surface area contributed by atoms with E-state index in [4.69, 9.17) is 9.53 Å². The van der Waals surface area contributed by atoms with Crippen LogP contribution in [-0.2, 0) is 16.0 Å². The van der Waals surface area contributed by atoms with Gasteiger partial charge in [0.05, 0.1) is 18.4 Å². The number of aliphatic carboxylic acids is 1. The van der Waals surface area contributed by atoms with Crippen molar-refractivity contribution in [1.29, 1.82) is 0 Å². The van der Waals surface area contributed by atoms with E-state index in [2.05, 4.69) is 42.3 Å². The number of carboxylic acid groups (broad SMARTS) is 1. The molecule has 2 aliphatic heterocycles. The Labute approximate surface area is 172 Å². The van der Waals surface area contributed by atoms with Crippen LogP contribution in [0.4, 0.5) is 5.69 Å². The van der Waals surface area contributed by atoms with E-state index >= 15 is 0 Å². The van der Waals surface area contributed by atoms with Crippen LogP contribution in [0.25, 0.3) is 5.70 Å². The molecule has 0 bridgehead atoms. The molecule has 2 heterocycles. The molecule has 0 unspecified atom stereocenters. The maximum Gasteiger partial charge on any atom is 0.333 e. The standard InChI is InChI=1S/C22H28N2O3.CH2O/c1-14(2)12-23-18-9-16-11-22(7-4-8-22)24-13-15(21(25)26)5-6-19(24)17(16)10-20(18)27-3;1-2/h6,9-10,13-14,23H,4-5,7-8,11-12H2,1-3H3,(H,25,26);1H2. The van der Waals surface area contributed by atoms with Crippen LogP contribution in [0.15, 0.2) is 30.0 Å². The summed E-state index contributed by atoms with van der Waals surface area (Å²) in [7, 11) is 1.70. The maximum absolute atomic E-state index is 11.5. The minimum absolute atomic E-state index is 0.0316. The Morgan fingerprint density at radius 2 is 2.07 bits per heavy atom. The summed E-state index contributed by atoms with van der Waals surface area (Å²) in [6.07, 6.45) is 8.76. The molecule has 0 radical (unpaired) electrons. The fraction of sp³-hybridized carbons (Fsp3) is 0.478. The normalized spacial score (nSPS) is 18.4. The van der Waals surface area contributed by atoms with E-state index in [9.17, 15) is 9.90 Å². The van der Waals surface area contributed by atoms with Crippen molar-refractivity contribution in [2.45, 2.75) is 51.5 Å². The lowest BCUT2D eigenvalue weighted by atomic mass is 9.67. The molecule has 1 aromatic carbocycles. The molecule has 1 aliphatic carbocycles. The van der Waals surface area contributed by atoms with Crippen molar-refractivity contribution >= 4 is 24.1 Å². The molecule has 4 rings (SSSR count). The Balaban J connectivity index is 0.00000117. The highest BCUT2D eigenvalue weighted by atomic mass is 16.5. The van der Waals surface area contributed by atoms with Crippen LogP contribution >= 0.6 is 0 Å². The summed E-state index contributed by atoms with van der Waals surface area (Å²) >= 11 is 0. The van der Waals surface area contributed by atoms with E-state index in [1.54, 1.807) is 7.11 Å². The highest BCUT2D eigenvalue weighted by Crippen LogP contribution is 2.51. The van der Waals surface area contributed by atoms with Crippen molar-refractivity contribution in [3.05, 3.63) is 41.1 Å². The van der Waals surface area contributed by atoms with Gasteiger partial charge >= 0.3 is 5.97 Å². The highest BCUT2D eigenvalue weighted by molar-refractivity contribution is 5.89. The number of carboxylic acids is 1. The van der Waals surface area contributed by atoms with Gasteiger partial charge in [-0.05, 0) is 49.3 Å². The van der Waals surface area contributed by atoms with Crippen molar-refractivity contribution in [3.8, 4) is 5.75 Å². The van der Waals surface area contributed by atoms with E-state index < -0.39 is 5.97 Å². The Hall–Kier alpha value is -2.76. The third kappa shape index (κ3) is 3.76. The first-order valence-corrected chi connectivity index (χ1v) is 10.1. The molecule has 6 nitrogen and oxygen atoms in total. The minimum Gasteiger partial charge on any atom is -0.495 e. The first-order chi connectivity index (χ1) is 13.9. The van der Waals surface area contributed by atoms with Crippen LogP contribution in [0.3, 0.4) is 0 Å². The van der Waals surface area contributed by atoms with Gasteiger partial charge in [0.2, 0.25) is 0 Å². The summed E-state index contributed by atoms with van der Waals surface area (Å²) in [6.45, 7) is 7.29. The van der Waals surface area contributed by atoms with Crippen molar-refractivity contribution in [2.24, 2.45) is 5.92 Å². The number of fused-ring (bicyclic) bond motifs is 4. The van der Waals surface area contributed by atoms with Gasteiger partial charge in [0.15, 0.2) is 0 Å². The molecule has 1 saturated carbocycles. The Morgan fingerprint density at radius 3 is 2.62 bits per heavy atom. The highest BCUT2D eigenvalue weighted by Gasteiger charge is 2.47. The Morgan fingerprint density at radius 1 is 1.34 bits per heavy atom. The summed E-state index contributed by atoms with van der Waals surface area (Å²) in [4.78, 5) is 21.8. The van der Waals surface area contributed by atoms with Gasteiger partial charge in [-0.3, -0.25) is 0 Å². The number of carbonyl (C=O) groups excluding carboxylic acids is 1. The Kier molecular flexibility index (Phi) is 6.01. The van der Waals surface area contributed by atoms with Crippen LogP contribution in [0, 0.1) is 5.92 Å². The number of methoxy groups -OCH3 is 1. The van der Waals surface area contributed by atoms with Crippen LogP contribution in [0.5, 0.6) is 5.75 Å². The van der Waals surface area contributed by atoms with Gasteiger partial charge in [-0.1, -0.05) is 19.9 Å². The molecular weight excluding hydrogens is 368 g/mol. The van der Waals surface area contributed by atoms with Crippen molar-refractivity contribution in [1.82, 2.24) is 4.90 Å². The average molecular weight is 399 g/mol. The number of nitrogens with one attached hydrogen (secondary N) is 1. The summed E-state index contributed by atoms with van der Waals surface area (Å²) in [5, 5.41) is 13.0. The lowest BCUT2D eigenvalue weighted by molar-refractivity contribution is -0.132. The zero-order chi connectivity index (χ0) is 21.2. The monoisotopic (exact) mass is 398 g/mol. The number of rotatable bonds is 5. The molecule has 1 aromatic rings. The molecule has 0 atom stereocenters. The summed E-state index contributed by atoms with van der Waals surface area (Å²) in [5.41, 5.74) is 5.18. The molecule has 0 amide bonds. The number of anilines is 1. The lowest BCUT2D eigenvalue weighted by Gasteiger charge is -2.55. The van der Waals surface area contributed by atoms with E-state index in [1.165, 1.54) is 17.5 Å². The van der Waals surface area contributed by atoms with Crippen LogP contribution in [0.2, 0.25) is 0 Å². The molecule has 1 spiro atoms. The second kappa shape index (κ2) is 8.31. The summed E-state index contributed by atoms with van der Waals surface area (Å²) in [6, 6.07) is 4.35. The number of hydrogen-bond acceptors (Lipinski definition) is 5. The zero-order valence-corrected chi connectivity index (χ0v) is 17.5. The molecule has 6 heteroatoms. The molecule has 1 fully saturated rings. The van der Waals surface area contributed by atoms with Gasteiger partial charge < -0.3 is 24.9 Å². The number of ether oxygens (including phenoxy) is 1. The first-order valence-electron chi connectivity index (χ1n) is 10.1. The number of hydrogen-bond donors (Lipinski definition) is 2. The smallest absolute Gasteiger partial charge is 0.333 e. The number of nitrogens with zero attached hydrogens (tertiary/aromatic N) is 1. The SMILES string of the molecule is C=O.COc1cc2c(cc1NCC(C)C)CC1(CCC1)N1C=C(C(=O)O)CC=C21. The summed E-state index contributed by atoms with van der Waals surface area (Å²) < 4.78 is 5.66. The third-order valence-electron chi connectivity index (χ3n) is 6.05. The second-order valence-electron chi connectivity index (χ2n) is 8.36. The quantitative estimate of drug-likeness (QED) is 0.778. The van der Waals surface area contributed by atoms with Gasteiger partial charge in [-0.2, -0.15) is 0 Å². The number of carbonyl (C=O) groups is 2. The molecular formula is C23H30N2O4. The van der Waals surface area contributed by atoms with Crippen molar-refractivity contribution in [2.75, 3.05) is 19.0 Å². The zero-order valence-electron chi connectivity index (χ0n) is 17.5. The van der Waals surface area contributed by atoms with Crippen LogP contribution in [-0.4, -0.2) is 42.0 Å². The molecule has 0 saturated heterocycles. The predicted octanol–water partition coefficient (Wildman–Crippen LogP) is 4.07. The van der Waals surface area contributed by atoms with Crippen LogP contribution < -0.4 is 10.1 Å². The fourth-order valence-electron chi connectivity index (χ4n) is 4.43. The van der Waals surface area contributed by atoms with Crippen molar-refractivity contribution < 1.29 is 19.4 Å². The van der Waals surface area contributed by atoms with E-state index in [-0.39, 0.29) is 5.54 Å². The maximum atomic E-state index is 11.5.